The maximum absolute atomic E-state index is 13.0. The lowest BCUT2D eigenvalue weighted by Gasteiger charge is -2.33. The van der Waals surface area contributed by atoms with Crippen LogP contribution in [0.5, 0.6) is 0 Å². The monoisotopic (exact) mass is 470 g/mol. The molecule has 8 nitrogen and oxygen atoms in total. The summed E-state index contributed by atoms with van der Waals surface area (Å²) >= 11 is 5.76. The van der Waals surface area contributed by atoms with Crippen molar-refractivity contribution in [1.29, 1.82) is 0 Å². The number of pyridine rings is 1. The number of rotatable bonds is 6. The third-order valence-electron chi connectivity index (χ3n) is 6.03. The Morgan fingerprint density at radius 2 is 1.78 bits per heavy atom. The zero-order valence-corrected chi connectivity index (χ0v) is 19.6. The molecule has 0 radical (unpaired) electrons. The van der Waals surface area contributed by atoms with Crippen LogP contribution in [-0.2, 0) is 16.7 Å². The second kappa shape index (κ2) is 8.51. The van der Waals surface area contributed by atoms with Crippen molar-refractivity contribution in [2.75, 3.05) is 26.2 Å². The summed E-state index contributed by atoms with van der Waals surface area (Å²) in [6.07, 6.45) is 5.79. The molecule has 1 aliphatic heterocycles. The quantitative estimate of drug-likeness (QED) is 0.516. The summed E-state index contributed by atoms with van der Waals surface area (Å²) in [5.41, 5.74) is 2.00. The van der Waals surface area contributed by atoms with Gasteiger partial charge in [0.15, 0.2) is 10.6 Å². The van der Waals surface area contributed by atoms with Gasteiger partial charge < -0.3 is 0 Å². The fourth-order valence-electron chi connectivity index (χ4n) is 4.03. The Bertz CT molecular complexity index is 1260. The first-order valence-corrected chi connectivity index (χ1v) is 12.7. The largest absolute Gasteiger partial charge is 0.297 e. The van der Waals surface area contributed by atoms with Crippen LogP contribution in [0.1, 0.15) is 24.4 Å². The van der Waals surface area contributed by atoms with Crippen LogP contribution >= 0.6 is 12.2 Å². The van der Waals surface area contributed by atoms with E-state index < -0.39 is 10.0 Å². The zero-order valence-electron chi connectivity index (χ0n) is 18.0. The van der Waals surface area contributed by atoms with Crippen LogP contribution in [0.3, 0.4) is 0 Å². The van der Waals surface area contributed by atoms with Crippen LogP contribution in [0.25, 0.3) is 11.4 Å². The number of hydrogen-bond donors (Lipinski definition) is 0. The fourth-order valence-corrected chi connectivity index (χ4v) is 5.78. The average Bonchev–Trinajstić information content (AvgIpc) is 3.59. The normalized spacial score (nSPS) is 18.2. The first-order chi connectivity index (χ1) is 15.4. The van der Waals surface area contributed by atoms with Gasteiger partial charge in [-0.05, 0) is 56.2 Å². The Morgan fingerprint density at radius 1 is 1.06 bits per heavy atom. The molecule has 168 valence electrons. The lowest BCUT2D eigenvalue weighted by atomic mass is 10.2. The predicted octanol–water partition coefficient (Wildman–Crippen LogP) is 3.08. The van der Waals surface area contributed by atoms with Crippen LogP contribution in [0.2, 0.25) is 0 Å². The molecule has 0 spiro atoms. The second-order valence-corrected chi connectivity index (χ2v) is 10.7. The minimum absolute atomic E-state index is 0.350. The van der Waals surface area contributed by atoms with Crippen LogP contribution in [0.15, 0.2) is 53.7 Å². The number of hydrogen-bond acceptors (Lipinski definition) is 6. The van der Waals surface area contributed by atoms with Gasteiger partial charge in [-0.3, -0.25) is 14.5 Å². The van der Waals surface area contributed by atoms with E-state index >= 15 is 0 Å². The number of nitrogens with zero attached hydrogens (tertiary/aromatic N) is 6. The summed E-state index contributed by atoms with van der Waals surface area (Å²) in [6, 6.07) is 11.3. The first kappa shape index (κ1) is 21.4. The molecular weight excluding hydrogens is 444 g/mol. The third-order valence-corrected chi connectivity index (χ3v) is 8.35. The number of piperazine rings is 1. The van der Waals surface area contributed by atoms with Gasteiger partial charge in [-0.15, -0.1) is 0 Å². The van der Waals surface area contributed by atoms with Crippen LogP contribution in [0.4, 0.5) is 0 Å². The first-order valence-electron chi connectivity index (χ1n) is 10.8. The van der Waals surface area contributed by atoms with Gasteiger partial charge in [0.2, 0.25) is 10.0 Å². The Morgan fingerprint density at radius 3 is 2.41 bits per heavy atom. The average molecular weight is 471 g/mol. The molecule has 2 aliphatic rings. The molecule has 2 aromatic heterocycles. The molecule has 0 unspecified atom stereocenters. The van der Waals surface area contributed by atoms with Gasteiger partial charge in [-0.2, -0.15) is 9.40 Å². The highest BCUT2D eigenvalue weighted by atomic mass is 32.2. The SMILES string of the molecule is Cc1ccc(S(=O)(=O)N2CCN(Cn3nc(-c4cccnc4)n(C4CC4)c3=S)CC2)cc1. The second-order valence-electron chi connectivity index (χ2n) is 8.43. The van der Waals surface area contributed by atoms with Gasteiger partial charge in [0.05, 0.1) is 11.6 Å². The van der Waals surface area contributed by atoms with E-state index in [0.717, 1.165) is 29.8 Å². The Kier molecular flexibility index (Phi) is 5.70. The van der Waals surface area contributed by atoms with Gasteiger partial charge in [0, 0.05) is 50.2 Å². The Hall–Kier alpha value is -2.40. The van der Waals surface area contributed by atoms with Crippen molar-refractivity contribution in [3.05, 3.63) is 59.1 Å². The van der Waals surface area contributed by atoms with E-state index in [-0.39, 0.29) is 0 Å². The number of benzene rings is 1. The molecule has 10 heteroatoms. The number of aromatic nitrogens is 4. The summed E-state index contributed by atoms with van der Waals surface area (Å²) in [4.78, 5) is 6.78. The number of sulfonamides is 1. The van der Waals surface area contributed by atoms with Gasteiger partial charge in [-0.1, -0.05) is 17.7 Å². The zero-order chi connectivity index (χ0) is 22.3. The summed E-state index contributed by atoms with van der Waals surface area (Å²) in [7, 11) is -3.47. The standard InChI is InChI=1S/C22H26N6O2S2/c1-17-4-8-20(9-5-17)32(29,30)26-13-11-25(12-14-26)16-27-22(31)28(19-6-7-19)21(24-27)18-3-2-10-23-15-18/h2-5,8-10,15,19H,6-7,11-14,16H2,1H3. The molecule has 1 saturated carbocycles. The number of aryl methyl sites for hydroxylation is 1. The molecule has 0 amide bonds. The molecule has 32 heavy (non-hydrogen) atoms. The lowest BCUT2D eigenvalue weighted by Crippen LogP contribution is -2.48. The van der Waals surface area contributed by atoms with E-state index in [2.05, 4.69) is 14.5 Å². The maximum Gasteiger partial charge on any atom is 0.243 e. The predicted molar refractivity (Wildman–Crippen MR) is 124 cm³/mol. The smallest absolute Gasteiger partial charge is 0.243 e. The molecule has 2 fully saturated rings. The van der Waals surface area contributed by atoms with Gasteiger partial charge in [-0.25, -0.2) is 13.1 Å². The molecule has 0 N–H and O–H groups in total. The Balaban J connectivity index is 1.31. The molecule has 1 saturated heterocycles. The van der Waals surface area contributed by atoms with Crippen LogP contribution in [-0.4, -0.2) is 63.1 Å². The highest BCUT2D eigenvalue weighted by Crippen LogP contribution is 2.38. The van der Waals surface area contributed by atoms with E-state index in [4.69, 9.17) is 17.3 Å². The molecule has 1 aliphatic carbocycles. The maximum atomic E-state index is 13.0. The van der Waals surface area contributed by atoms with Crippen molar-refractivity contribution < 1.29 is 8.42 Å². The molecule has 3 heterocycles. The van der Waals surface area contributed by atoms with Crippen molar-refractivity contribution in [3.8, 4) is 11.4 Å². The van der Waals surface area contributed by atoms with E-state index in [0.29, 0.717) is 48.6 Å². The molecular formula is C22H26N6O2S2. The molecule has 1 aromatic carbocycles. The highest BCUT2D eigenvalue weighted by molar-refractivity contribution is 7.89. The summed E-state index contributed by atoms with van der Waals surface area (Å²) in [5, 5.41) is 4.82. The van der Waals surface area contributed by atoms with Gasteiger partial charge >= 0.3 is 0 Å². The third kappa shape index (κ3) is 4.15. The highest BCUT2D eigenvalue weighted by Gasteiger charge is 2.31. The Labute approximate surface area is 193 Å². The van der Waals surface area contributed by atoms with Crippen LogP contribution < -0.4 is 0 Å². The van der Waals surface area contributed by atoms with Gasteiger partial charge in [0.1, 0.15) is 0 Å². The molecule has 0 bridgehead atoms. The van der Waals surface area contributed by atoms with E-state index in [1.54, 1.807) is 22.6 Å². The van der Waals surface area contributed by atoms with Crippen molar-refractivity contribution in [2.45, 2.75) is 37.4 Å². The van der Waals surface area contributed by atoms with E-state index in [1.807, 2.05) is 42.1 Å². The summed E-state index contributed by atoms with van der Waals surface area (Å²) in [5.74, 6) is 0.853. The van der Waals surface area contributed by atoms with E-state index in [1.165, 1.54) is 0 Å². The van der Waals surface area contributed by atoms with Gasteiger partial charge in [0.25, 0.3) is 0 Å². The summed E-state index contributed by atoms with van der Waals surface area (Å²) in [6.45, 7) is 4.65. The molecule has 3 aromatic rings. The fraction of sp³-hybridized carbons (Fsp3) is 0.409. The van der Waals surface area contributed by atoms with Crippen LogP contribution in [0, 0.1) is 11.7 Å². The lowest BCUT2D eigenvalue weighted by molar-refractivity contribution is 0.144. The molecule has 0 atom stereocenters. The molecule has 5 rings (SSSR count). The van der Waals surface area contributed by atoms with Crippen molar-refractivity contribution in [2.24, 2.45) is 0 Å². The minimum atomic E-state index is -3.47. The topological polar surface area (TPSA) is 76.3 Å². The van der Waals surface area contributed by atoms with Crippen molar-refractivity contribution in [1.82, 2.24) is 28.5 Å². The summed E-state index contributed by atoms with van der Waals surface area (Å²) < 4.78 is 32.2. The van der Waals surface area contributed by atoms with Crippen molar-refractivity contribution in [3.63, 3.8) is 0 Å². The van der Waals surface area contributed by atoms with Crippen molar-refractivity contribution >= 4 is 22.2 Å². The van der Waals surface area contributed by atoms with E-state index in [9.17, 15) is 8.42 Å². The minimum Gasteiger partial charge on any atom is -0.297 e.